The molecule has 1 atom stereocenters. The maximum Gasteiger partial charge on any atom is 0.267 e. The van der Waals surface area contributed by atoms with E-state index in [1.165, 1.54) is 11.8 Å². The van der Waals surface area contributed by atoms with Gasteiger partial charge in [0.25, 0.3) is 5.91 Å². The Morgan fingerprint density at radius 1 is 0.833 bits per heavy atom. The van der Waals surface area contributed by atoms with Gasteiger partial charge in [-0.2, -0.15) is 0 Å². The summed E-state index contributed by atoms with van der Waals surface area (Å²) in [4.78, 5) is 21.0. The summed E-state index contributed by atoms with van der Waals surface area (Å²) in [7, 11) is 0. The number of para-hydroxylation sites is 2. The average Bonchev–Trinajstić information content (AvgIpc) is 3.23. The van der Waals surface area contributed by atoms with Crippen LogP contribution < -0.4 is 4.74 Å². The Balaban J connectivity index is 1.47. The van der Waals surface area contributed by atoms with Crippen molar-refractivity contribution in [3.8, 4) is 5.75 Å². The normalized spacial score (nSPS) is 16.5. The van der Waals surface area contributed by atoms with Crippen molar-refractivity contribution < 1.29 is 9.53 Å². The van der Waals surface area contributed by atoms with Crippen LogP contribution >= 0.6 is 11.8 Å². The SMILES string of the molecule is C[C@H](c1ccccc1)N1C(=O)/C(=C\c2ccccc2OCc2ccccc2)SC1=Nc1ccccc1. The molecule has 4 aromatic rings. The summed E-state index contributed by atoms with van der Waals surface area (Å²) >= 11 is 1.39. The lowest BCUT2D eigenvalue weighted by molar-refractivity contribution is -0.123. The molecule has 36 heavy (non-hydrogen) atoms. The summed E-state index contributed by atoms with van der Waals surface area (Å²) < 4.78 is 6.13. The molecular weight excluding hydrogens is 464 g/mol. The number of rotatable bonds is 7. The fraction of sp³-hybridized carbons (Fsp3) is 0.0968. The summed E-state index contributed by atoms with van der Waals surface area (Å²) in [5, 5.41) is 0.663. The monoisotopic (exact) mass is 490 g/mol. The third-order valence-electron chi connectivity index (χ3n) is 5.93. The van der Waals surface area contributed by atoms with Crippen LogP contribution in [0.3, 0.4) is 0 Å². The number of aliphatic imine (C=N–C) groups is 1. The average molecular weight is 491 g/mol. The number of ether oxygens (including phenoxy) is 1. The zero-order valence-electron chi connectivity index (χ0n) is 20.0. The van der Waals surface area contributed by atoms with Gasteiger partial charge < -0.3 is 4.74 Å². The van der Waals surface area contributed by atoms with Crippen molar-refractivity contribution >= 4 is 34.6 Å². The topological polar surface area (TPSA) is 41.9 Å². The number of nitrogens with zero attached hydrogens (tertiary/aromatic N) is 2. The molecule has 0 radical (unpaired) electrons. The number of hydrogen-bond acceptors (Lipinski definition) is 4. The summed E-state index contributed by atoms with van der Waals surface area (Å²) in [6.45, 7) is 2.49. The molecule has 1 aliphatic heterocycles. The maximum absolute atomic E-state index is 13.7. The highest BCUT2D eigenvalue weighted by molar-refractivity contribution is 8.18. The van der Waals surface area contributed by atoms with Crippen molar-refractivity contribution in [2.45, 2.75) is 19.6 Å². The number of carbonyl (C=O) groups excluding carboxylic acids is 1. The molecule has 0 bridgehead atoms. The van der Waals surface area contributed by atoms with Crippen molar-refractivity contribution in [1.29, 1.82) is 0 Å². The molecule has 5 heteroatoms. The lowest BCUT2D eigenvalue weighted by atomic mass is 10.1. The molecule has 0 spiro atoms. The highest BCUT2D eigenvalue weighted by Gasteiger charge is 2.37. The number of hydrogen-bond donors (Lipinski definition) is 0. The number of carbonyl (C=O) groups is 1. The molecule has 178 valence electrons. The highest BCUT2D eigenvalue weighted by atomic mass is 32.2. The van der Waals surface area contributed by atoms with Crippen LogP contribution in [0.5, 0.6) is 5.75 Å². The molecule has 0 N–H and O–H groups in total. The Labute approximate surface area is 216 Å². The first-order chi connectivity index (χ1) is 17.7. The molecule has 0 saturated carbocycles. The Morgan fingerprint density at radius 2 is 1.44 bits per heavy atom. The van der Waals surface area contributed by atoms with Gasteiger partial charge in [0.1, 0.15) is 12.4 Å². The fourth-order valence-electron chi connectivity index (χ4n) is 4.01. The van der Waals surface area contributed by atoms with E-state index in [0.29, 0.717) is 16.7 Å². The third kappa shape index (κ3) is 5.42. The maximum atomic E-state index is 13.7. The van der Waals surface area contributed by atoms with Crippen molar-refractivity contribution in [2.24, 2.45) is 4.99 Å². The highest BCUT2D eigenvalue weighted by Crippen LogP contribution is 2.40. The minimum Gasteiger partial charge on any atom is -0.488 e. The first-order valence-electron chi connectivity index (χ1n) is 11.9. The fourth-order valence-corrected chi connectivity index (χ4v) is 5.07. The Kier molecular flexibility index (Phi) is 7.29. The van der Waals surface area contributed by atoms with Crippen molar-refractivity contribution in [3.63, 3.8) is 0 Å². The quantitative estimate of drug-likeness (QED) is 0.250. The van der Waals surface area contributed by atoms with Crippen LogP contribution in [-0.4, -0.2) is 16.0 Å². The summed E-state index contributed by atoms with van der Waals surface area (Å²) in [6, 6.07) is 37.5. The molecule has 5 rings (SSSR count). The van der Waals surface area contributed by atoms with Crippen LogP contribution in [0.1, 0.15) is 29.7 Å². The Morgan fingerprint density at radius 3 is 2.17 bits per heavy atom. The van der Waals surface area contributed by atoms with Crippen LogP contribution in [0, 0.1) is 0 Å². The molecule has 4 aromatic carbocycles. The van der Waals surface area contributed by atoms with E-state index in [9.17, 15) is 4.79 Å². The lowest BCUT2D eigenvalue weighted by Crippen LogP contribution is -2.32. The van der Waals surface area contributed by atoms with Crippen LogP contribution in [0.2, 0.25) is 0 Å². The van der Waals surface area contributed by atoms with Gasteiger partial charge in [0, 0.05) is 5.56 Å². The molecule has 1 heterocycles. The van der Waals surface area contributed by atoms with E-state index in [1.54, 1.807) is 4.90 Å². The third-order valence-corrected chi connectivity index (χ3v) is 6.91. The van der Waals surface area contributed by atoms with E-state index < -0.39 is 0 Å². The second-order valence-electron chi connectivity index (χ2n) is 8.41. The number of amidine groups is 1. The van der Waals surface area contributed by atoms with Gasteiger partial charge in [0.05, 0.1) is 16.6 Å². The predicted octanol–water partition coefficient (Wildman–Crippen LogP) is 7.63. The first kappa shape index (κ1) is 23.6. The van der Waals surface area contributed by atoms with Crippen molar-refractivity contribution in [1.82, 2.24) is 4.90 Å². The molecule has 1 amide bonds. The van der Waals surface area contributed by atoms with E-state index in [4.69, 9.17) is 9.73 Å². The summed E-state index contributed by atoms with van der Waals surface area (Å²) in [5.74, 6) is 0.669. The van der Waals surface area contributed by atoms with Crippen molar-refractivity contribution in [2.75, 3.05) is 0 Å². The molecule has 1 aliphatic rings. The molecule has 1 fully saturated rings. The van der Waals surface area contributed by atoms with Gasteiger partial charge >= 0.3 is 0 Å². The predicted molar refractivity (Wildman–Crippen MR) is 148 cm³/mol. The zero-order valence-corrected chi connectivity index (χ0v) is 20.8. The van der Waals surface area contributed by atoms with Crippen LogP contribution in [0.15, 0.2) is 125 Å². The van der Waals surface area contributed by atoms with Gasteiger partial charge in [0.2, 0.25) is 0 Å². The second-order valence-corrected chi connectivity index (χ2v) is 9.42. The van der Waals surface area contributed by atoms with Crippen LogP contribution in [-0.2, 0) is 11.4 Å². The van der Waals surface area contributed by atoms with Gasteiger partial charge in [0.15, 0.2) is 5.17 Å². The number of thioether (sulfide) groups is 1. The summed E-state index contributed by atoms with van der Waals surface area (Å²) in [6.07, 6.45) is 1.91. The van der Waals surface area contributed by atoms with E-state index in [-0.39, 0.29) is 11.9 Å². The smallest absolute Gasteiger partial charge is 0.267 e. The van der Waals surface area contributed by atoms with E-state index in [1.807, 2.05) is 128 Å². The molecule has 0 unspecified atom stereocenters. The number of amides is 1. The van der Waals surface area contributed by atoms with E-state index >= 15 is 0 Å². The standard InChI is InChI=1S/C31H26N2O2S/c1-23(25-15-7-3-8-16-25)33-30(34)29(36-31(33)32-27-18-9-4-10-19-27)21-26-17-11-12-20-28(26)35-22-24-13-5-2-6-14-24/h2-21,23H,22H2,1H3/b29-21+,32-31?/t23-/m1/s1. The zero-order chi connectivity index (χ0) is 24.7. The second kappa shape index (κ2) is 11.1. The molecular formula is C31H26N2O2S. The molecule has 0 aromatic heterocycles. The van der Waals surface area contributed by atoms with Gasteiger partial charge in [-0.3, -0.25) is 9.69 Å². The van der Waals surface area contributed by atoms with Crippen molar-refractivity contribution in [3.05, 3.63) is 137 Å². The Hall–Kier alpha value is -4.09. The summed E-state index contributed by atoms with van der Waals surface area (Å²) in [5.41, 5.74) is 3.81. The van der Waals surface area contributed by atoms with E-state index in [2.05, 4.69) is 0 Å². The van der Waals surface area contributed by atoms with Gasteiger partial charge in [-0.1, -0.05) is 97.1 Å². The van der Waals surface area contributed by atoms with Crippen LogP contribution in [0.25, 0.3) is 6.08 Å². The molecule has 0 aliphatic carbocycles. The molecule has 1 saturated heterocycles. The largest absolute Gasteiger partial charge is 0.488 e. The first-order valence-corrected chi connectivity index (χ1v) is 12.7. The van der Waals surface area contributed by atoms with Gasteiger partial charge in [-0.25, -0.2) is 4.99 Å². The lowest BCUT2D eigenvalue weighted by Gasteiger charge is -2.24. The van der Waals surface area contributed by atoms with E-state index in [0.717, 1.165) is 28.1 Å². The minimum atomic E-state index is -0.163. The minimum absolute atomic E-state index is 0.0658. The van der Waals surface area contributed by atoms with Gasteiger partial charge in [-0.15, -0.1) is 0 Å². The van der Waals surface area contributed by atoms with Gasteiger partial charge in [-0.05, 0) is 54.1 Å². The number of benzene rings is 4. The Bertz CT molecular complexity index is 1390. The van der Waals surface area contributed by atoms with Crippen LogP contribution in [0.4, 0.5) is 5.69 Å². The molecule has 4 nitrogen and oxygen atoms in total.